The zero-order valence-corrected chi connectivity index (χ0v) is 15.9. The molecule has 0 aliphatic carbocycles. The maximum atomic E-state index is 12.2. The number of rotatable bonds is 13. The normalized spacial score (nSPS) is 13.9. The molecular formula is C16H29N5O7. The van der Waals surface area contributed by atoms with Crippen molar-refractivity contribution in [1.29, 1.82) is 0 Å². The number of primary amides is 1. The number of carbonyl (C=O) groups is 5. The maximum absolute atomic E-state index is 12.2. The predicted molar refractivity (Wildman–Crippen MR) is 97.5 cm³/mol. The van der Waals surface area contributed by atoms with Crippen LogP contribution in [-0.2, 0) is 24.0 Å². The van der Waals surface area contributed by atoms with Gasteiger partial charge in [-0.1, -0.05) is 13.8 Å². The van der Waals surface area contributed by atoms with Gasteiger partial charge in [-0.25, -0.2) is 4.79 Å². The summed E-state index contributed by atoms with van der Waals surface area (Å²) in [6.07, 6.45) is 0.160. The second-order valence-corrected chi connectivity index (χ2v) is 6.66. The first kappa shape index (κ1) is 25.3. The van der Waals surface area contributed by atoms with Gasteiger partial charge in [0, 0.05) is 6.42 Å². The molecule has 0 aliphatic heterocycles. The van der Waals surface area contributed by atoms with E-state index in [1.54, 1.807) is 13.8 Å². The van der Waals surface area contributed by atoms with Crippen molar-refractivity contribution < 1.29 is 34.2 Å². The lowest BCUT2D eigenvalue weighted by molar-refractivity contribution is -0.143. The van der Waals surface area contributed by atoms with Crippen molar-refractivity contribution in [3.8, 4) is 0 Å². The molecule has 0 bridgehead atoms. The van der Waals surface area contributed by atoms with Crippen molar-refractivity contribution in [2.45, 2.75) is 51.2 Å². The summed E-state index contributed by atoms with van der Waals surface area (Å²) in [7, 11) is 0. The third kappa shape index (κ3) is 10.4. The Labute approximate surface area is 162 Å². The summed E-state index contributed by atoms with van der Waals surface area (Å²) < 4.78 is 0. The first-order chi connectivity index (χ1) is 13.0. The molecular weight excluding hydrogens is 374 g/mol. The highest BCUT2D eigenvalue weighted by Crippen LogP contribution is 2.05. The number of aliphatic hydroxyl groups excluding tert-OH is 1. The molecule has 0 rings (SSSR count). The topological polar surface area (TPSA) is 214 Å². The van der Waals surface area contributed by atoms with Crippen LogP contribution in [0.2, 0.25) is 0 Å². The predicted octanol–water partition coefficient (Wildman–Crippen LogP) is -3.21. The van der Waals surface area contributed by atoms with Gasteiger partial charge in [-0.15, -0.1) is 0 Å². The molecule has 0 aromatic carbocycles. The molecule has 0 saturated heterocycles. The van der Waals surface area contributed by atoms with Gasteiger partial charge >= 0.3 is 5.97 Å². The van der Waals surface area contributed by atoms with Crippen molar-refractivity contribution in [3.63, 3.8) is 0 Å². The van der Waals surface area contributed by atoms with Gasteiger partial charge in [0.1, 0.15) is 12.1 Å². The van der Waals surface area contributed by atoms with Gasteiger partial charge in [-0.3, -0.25) is 19.2 Å². The second-order valence-electron chi connectivity index (χ2n) is 6.66. The average Bonchev–Trinajstić information content (AvgIpc) is 2.60. The van der Waals surface area contributed by atoms with E-state index in [0.29, 0.717) is 0 Å². The zero-order valence-electron chi connectivity index (χ0n) is 15.9. The number of carboxylic acids is 1. The zero-order chi connectivity index (χ0) is 21.9. The van der Waals surface area contributed by atoms with Crippen LogP contribution in [0.5, 0.6) is 0 Å². The molecule has 0 radical (unpaired) electrons. The summed E-state index contributed by atoms with van der Waals surface area (Å²) in [5, 5.41) is 24.7. The van der Waals surface area contributed by atoms with Crippen LogP contribution in [0.3, 0.4) is 0 Å². The van der Waals surface area contributed by atoms with Crippen LogP contribution in [0.4, 0.5) is 0 Å². The molecule has 0 spiro atoms. The Balaban J connectivity index is 4.72. The van der Waals surface area contributed by atoms with Crippen LogP contribution in [0, 0.1) is 5.92 Å². The molecule has 160 valence electrons. The minimum atomic E-state index is -1.50. The summed E-state index contributed by atoms with van der Waals surface area (Å²) in [5.74, 6) is -4.15. The quantitative estimate of drug-likeness (QED) is 0.166. The fourth-order valence-corrected chi connectivity index (χ4v) is 2.13. The minimum Gasteiger partial charge on any atom is -0.480 e. The monoisotopic (exact) mass is 403 g/mol. The van der Waals surface area contributed by atoms with Gasteiger partial charge in [-0.05, 0) is 18.8 Å². The molecule has 3 atom stereocenters. The SMILES string of the molecule is CC(C)CC(NC(=O)CNC(=O)C(N)CCC(N)=O)C(=O)NC(CO)C(=O)O. The molecule has 3 unspecified atom stereocenters. The molecule has 0 aromatic heterocycles. The van der Waals surface area contributed by atoms with Crippen LogP contribution >= 0.6 is 0 Å². The largest absolute Gasteiger partial charge is 0.480 e. The van der Waals surface area contributed by atoms with E-state index in [2.05, 4.69) is 16.0 Å². The lowest BCUT2D eigenvalue weighted by Crippen LogP contribution is -2.54. The molecule has 28 heavy (non-hydrogen) atoms. The first-order valence-corrected chi connectivity index (χ1v) is 8.72. The number of carbonyl (C=O) groups excluding carboxylic acids is 4. The Morgan fingerprint density at radius 3 is 2.07 bits per heavy atom. The van der Waals surface area contributed by atoms with Crippen LogP contribution in [0.1, 0.15) is 33.1 Å². The molecule has 0 aromatic rings. The summed E-state index contributed by atoms with van der Waals surface area (Å²) >= 11 is 0. The lowest BCUT2D eigenvalue weighted by Gasteiger charge is -2.22. The van der Waals surface area contributed by atoms with E-state index in [1.807, 2.05) is 0 Å². The van der Waals surface area contributed by atoms with E-state index >= 15 is 0 Å². The highest BCUT2D eigenvalue weighted by atomic mass is 16.4. The van der Waals surface area contributed by atoms with Crippen molar-refractivity contribution >= 4 is 29.6 Å². The van der Waals surface area contributed by atoms with E-state index in [1.165, 1.54) is 0 Å². The van der Waals surface area contributed by atoms with E-state index in [4.69, 9.17) is 21.7 Å². The Bertz CT molecular complexity index is 582. The summed E-state index contributed by atoms with van der Waals surface area (Å²) in [6.45, 7) is 2.33. The number of aliphatic carboxylic acids is 1. The smallest absolute Gasteiger partial charge is 0.328 e. The number of nitrogens with one attached hydrogen (secondary N) is 3. The van der Waals surface area contributed by atoms with Crippen LogP contribution < -0.4 is 27.4 Å². The Hall–Kier alpha value is -2.73. The number of hydrogen-bond donors (Lipinski definition) is 7. The highest BCUT2D eigenvalue weighted by Gasteiger charge is 2.27. The Morgan fingerprint density at radius 1 is 1.00 bits per heavy atom. The number of amides is 4. The maximum Gasteiger partial charge on any atom is 0.328 e. The lowest BCUT2D eigenvalue weighted by atomic mass is 10.0. The van der Waals surface area contributed by atoms with E-state index in [-0.39, 0.29) is 25.2 Å². The van der Waals surface area contributed by atoms with Gasteiger partial charge in [0.05, 0.1) is 19.2 Å². The third-order valence-corrected chi connectivity index (χ3v) is 3.62. The molecule has 0 aliphatic rings. The molecule has 4 amide bonds. The minimum absolute atomic E-state index is 0.00901. The molecule has 12 nitrogen and oxygen atoms in total. The summed E-state index contributed by atoms with van der Waals surface area (Å²) in [5.41, 5.74) is 10.5. The van der Waals surface area contributed by atoms with Gasteiger partial charge in [-0.2, -0.15) is 0 Å². The molecule has 0 heterocycles. The number of nitrogens with two attached hydrogens (primary N) is 2. The van der Waals surface area contributed by atoms with Crippen LogP contribution in [0.25, 0.3) is 0 Å². The molecule has 9 N–H and O–H groups in total. The van der Waals surface area contributed by atoms with Gasteiger partial charge in [0.2, 0.25) is 23.6 Å². The number of carboxylic acid groups (broad SMARTS) is 1. The Morgan fingerprint density at radius 2 is 1.61 bits per heavy atom. The second kappa shape index (κ2) is 12.6. The fourth-order valence-electron chi connectivity index (χ4n) is 2.13. The van der Waals surface area contributed by atoms with Crippen molar-refractivity contribution in [1.82, 2.24) is 16.0 Å². The fraction of sp³-hybridized carbons (Fsp3) is 0.688. The van der Waals surface area contributed by atoms with Gasteiger partial charge in [0.25, 0.3) is 0 Å². The summed E-state index contributed by atoms with van der Waals surface area (Å²) in [6, 6.07) is -3.57. The Kier molecular flexibility index (Phi) is 11.4. The van der Waals surface area contributed by atoms with Crippen molar-refractivity contribution in [3.05, 3.63) is 0 Å². The molecule has 12 heteroatoms. The third-order valence-electron chi connectivity index (χ3n) is 3.62. The average molecular weight is 403 g/mol. The molecule has 0 fully saturated rings. The van der Waals surface area contributed by atoms with E-state index in [9.17, 15) is 24.0 Å². The van der Waals surface area contributed by atoms with Gasteiger partial charge < -0.3 is 37.6 Å². The number of aliphatic hydroxyl groups is 1. The van der Waals surface area contributed by atoms with Gasteiger partial charge in [0.15, 0.2) is 0 Å². The van der Waals surface area contributed by atoms with E-state index < -0.39 is 60.9 Å². The van der Waals surface area contributed by atoms with Crippen molar-refractivity contribution in [2.75, 3.05) is 13.2 Å². The highest BCUT2D eigenvalue weighted by molar-refractivity contribution is 5.92. The number of hydrogen-bond acceptors (Lipinski definition) is 7. The molecule has 0 saturated carbocycles. The van der Waals surface area contributed by atoms with Crippen LogP contribution in [-0.4, -0.2) is 71.1 Å². The van der Waals surface area contributed by atoms with Crippen LogP contribution in [0.15, 0.2) is 0 Å². The van der Waals surface area contributed by atoms with E-state index in [0.717, 1.165) is 0 Å². The standard InChI is InChI=1S/C16H29N5O7/c1-8(2)5-10(15(26)21-11(7-22)16(27)28)20-13(24)6-19-14(25)9(17)3-4-12(18)23/h8-11,22H,3-7,17H2,1-2H3,(H2,18,23)(H,19,25)(H,20,24)(H,21,26)(H,27,28). The van der Waals surface area contributed by atoms with Crippen molar-refractivity contribution in [2.24, 2.45) is 17.4 Å². The first-order valence-electron chi connectivity index (χ1n) is 8.72. The summed E-state index contributed by atoms with van der Waals surface area (Å²) in [4.78, 5) is 57.6.